The van der Waals surface area contributed by atoms with Gasteiger partial charge in [0.1, 0.15) is 0 Å². The van der Waals surface area contributed by atoms with Gasteiger partial charge in [-0.05, 0) is 24.0 Å². The molecule has 20 heavy (non-hydrogen) atoms. The van der Waals surface area contributed by atoms with Crippen LogP contribution in [0.1, 0.15) is 25.8 Å². The maximum Gasteiger partial charge on any atom is 0.308 e. The topological polar surface area (TPSA) is 66.4 Å². The minimum Gasteiger partial charge on any atom is -0.481 e. The van der Waals surface area contributed by atoms with Crippen molar-refractivity contribution < 1.29 is 14.7 Å². The fourth-order valence-electron chi connectivity index (χ4n) is 1.95. The minimum atomic E-state index is -0.861. The molecule has 0 radical (unpaired) electrons. The number of carboxylic acids is 1. The Morgan fingerprint density at radius 3 is 2.50 bits per heavy atom. The quantitative estimate of drug-likeness (QED) is 0.801. The molecule has 0 aliphatic rings. The fraction of sp³-hybridized carbons (Fsp3) is 0.467. The number of carbonyl (C=O) groups is 2. The summed E-state index contributed by atoms with van der Waals surface area (Å²) >= 11 is 3.39. The summed E-state index contributed by atoms with van der Waals surface area (Å²) in [5.41, 5.74) is 0.890. The molecular weight excluding hydrogens is 322 g/mol. The average molecular weight is 342 g/mol. The first-order valence-electron chi connectivity index (χ1n) is 6.63. The standard InChI is InChI=1S/C15H20BrNO3/c1-10(2)7-12(15(19)20)9-17-14(18)8-11-5-3-4-6-13(11)16/h3-6,10,12H,7-9H2,1-2H3,(H,17,18)(H,19,20). The maximum atomic E-state index is 11.9. The molecule has 4 nitrogen and oxygen atoms in total. The first-order valence-corrected chi connectivity index (χ1v) is 7.42. The minimum absolute atomic E-state index is 0.160. The van der Waals surface area contributed by atoms with Crippen molar-refractivity contribution in [3.8, 4) is 0 Å². The molecule has 1 unspecified atom stereocenters. The van der Waals surface area contributed by atoms with E-state index < -0.39 is 11.9 Å². The molecule has 0 aliphatic heterocycles. The van der Waals surface area contributed by atoms with Gasteiger partial charge in [0.25, 0.3) is 0 Å². The molecule has 0 fully saturated rings. The van der Waals surface area contributed by atoms with Crippen molar-refractivity contribution in [1.29, 1.82) is 0 Å². The summed E-state index contributed by atoms with van der Waals surface area (Å²) in [7, 11) is 0. The van der Waals surface area contributed by atoms with Gasteiger partial charge in [-0.1, -0.05) is 48.0 Å². The molecule has 0 aromatic heterocycles. The van der Waals surface area contributed by atoms with Crippen molar-refractivity contribution in [2.24, 2.45) is 11.8 Å². The predicted molar refractivity (Wildman–Crippen MR) is 81.4 cm³/mol. The molecule has 1 amide bonds. The Kier molecular flexibility index (Phi) is 6.71. The van der Waals surface area contributed by atoms with Gasteiger partial charge in [-0.15, -0.1) is 0 Å². The summed E-state index contributed by atoms with van der Waals surface area (Å²) in [6.07, 6.45) is 0.806. The summed E-state index contributed by atoms with van der Waals surface area (Å²) in [6.45, 7) is 4.12. The highest BCUT2D eigenvalue weighted by Gasteiger charge is 2.19. The Labute approximate surface area is 127 Å². The number of hydrogen-bond acceptors (Lipinski definition) is 2. The van der Waals surface area contributed by atoms with E-state index in [9.17, 15) is 9.59 Å². The molecule has 0 spiro atoms. The first kappa shape index (κ1) is 16.7. The zero-order valence-electron chi connectivity index (χ0n) is 11.7. The number of amides is 1. The number of rotatable bonds is 7. The van der Waals surface area contributed by atoms with Crippen LogP contribution in [0.3, 0.4) is 0 Å². The Bertz CT molecular complexity index is 474. The Balaban J connectivity index is 2.50. The van der Waals surface area contributed by atoms with Gasteiger partial charge in [0.2, 0.25) is 5.91 Å². The highest BCUT2D eigenvalue weighted by molar-refractivity contribution is 9.10. The summed E-state index contributed by atoms with van der Waals surface area (Å²) in [6, 6.07) is 7.49. The molecule has 110 valence electrons. The van der Waals surface area contributed by atoms with Crippen LogP contribution in [0.2, 0.25) is 0 Å². The van der Waals surface area contributed by atoms with E-state index in [4.69, 9.17) is 5.11 Å². The molecule has 1 aromatic carbocycles. The number of hydrogen-bond donors (Lipinski definition) is 2. The first-order chi connectivity index (χ1) is 9.40. The number of halogens is 1. The van der Waals surface area contributed by atoms with Crippen molar-refractivity contribution >= 4 is 27.8 Å². The van der Waals surface area contributed by atoms with E-state index in [-0.39, 0.29) is 24.8 Å². The van der Waals surface area contributed by atoms with Crippen LogP contribution < -0.4 is 5.32 Å². The monoisotopic (exact) mass is 341 g/mol. The van der Waals surface area contributed by atoms with Gasteiger partial charge in [-0.3, -0.25) is 9.59 Å². The summed E-state index contributed by atoms with van der Waals surface area (Å²) in [5.74, 6) is -1.26. The van der Waals surface area contributed by atoms with E-state index in [1.807, 2.05) is 38.1 Å². The van der Waals surface area contributed by atoms with E-state index in [2.05, 4.69) is 21.2 Å². The smallest absolute Gasteiger partial charge is 0.308 e. The van der Waals surface area contributed by atoms with Gasteiger partial charge < -0.3 is 10.4 Å². The van der Waals surface area contributed by atoms with Gasteiger partial charge in [0.05, 0.1) is 12.3 Å². The van der Waals surface area contributed by atoms with Crippen LogP contribution >= 0.6 is 15.9 Å². The lowest BCUT2D eigenvalue weighted by Gasteiger charge is -2.15. The Hall–Kier alpha value is -1.36. The third-order valence-corrected chi connectivity index (χ3v) is 3.73. The number of carbonyl (C=O) groups excluding carboxylic acids is 1. The summed E-state index contributed by atoms with van der Waals surface area (Å²) in [4.78, 5) is 23.0. The van der Waals surface area contributed by atoms with Crippen LogP contribution in [-0.4, -0.2) is 23.5 Å². The highest BCUT2D eigenvalue weighted by atomic mass is 79.9. The second kappa shape index (κ2) is 8.04. The Morgan fingerprint density at radius 1 is 1.30 bits per heavy atom. The third-order valence-electron chi connectivity index (χ3n) is 2.96. The lowest BCUT2D eigenvalue weighted by molar-refractivity contribution is -0.142. The summed E-state index contributed by atoms with van der Waals surface area (Å²) in [5, 5.41) is 11.8. The molecule has 0 bridgehead atoms. The molecule has 0 aliphatic carbocycles. The molecule has 0 saturated carbocycles. The van der Waals surface area contributed by atoms with Crippen LogP contribution in [0.15, 0.2) is 28.7 Å². The van der Waals surface area contributed by atoms with Crippen LogP contribution in [0.25, 0.3) is 0 Å². The molecule has 0 heterocycles. The largest absolute Gasteiger partial charge is 0.481 e. The van der Waals surface area contributed by atoms with E-state index in [0.717, 1.165) is 10.0 Å². The second-order valence-corrected chi connectivity index (χ2v) is 6.09. The van der Waals surface area contributed by atoms with Gasteiger partial charge >= 0.3 is 5.97 Å². The van der Waals surface area contributed by atoms with Crippen molar-refractivity contribution in [2.45, 2.75) is 26.7 Å². The van der Waals surface area contributed by atoms with Crippen LogP contribution in [0.4, 0.5) is 0 Å². The molecule has 1 aromatic rings. The lowest BCUT2D eigenvalue weighted by Crippen LogP contribution is -2.34. The van der Waals surface area contributed by atoms with E-state index in [1.165, 1.54) is 0 Å². The van der Waals surface area contributed by atoms with Crippen molar-refractivity contribution in [3.63, 3.8) is 0 Å². The van der Waals surface area contributed by atoms with Crippen molar-refractivity contribution in [1.82, 2.24) is 5.32 Å². The van der Waals surface area contributed by atoms with Crippen LogP contribution in [0, 0.1) is 11.8 Å². The van der Waals surface area contributed by atoms with Gasteiger partial charge in [-0.2, -0.15) is 0 Å². The second-order valence-electron chi connectivity index (χ2n) is 5.24. The van der Waals surface area contributed by atoms with Gasteiger partial charge in [0.15, 0.2) is 0 Å². The van der Waals surface area contributed by atoms with Crippen LogP contribution in [0.5, 0.6) is 0 Å². The summed E-state index contributed by atoms with van der Waals surface area (Å²) < 4.78 is 0.882. The van der Waals surface area contributed by atoms with Crippen molar-refractivity contribution in [3.05, 3.63) is 34.3 Å². The van der Waals surface area contributed by atoms with Gasteiger partial charge in [0, 0.05) is 11.0 Å². The average Bonchev–Trinajstić information content (AvgIpc) is 2.36. The normalized spacial score (nSPS) is 12.2. The lowest BCUT2D eigenvalue weighted by atomic mass is 9.97. The molecule has 5 heteroatoms. The molecule has 2 N–H and O–H groups in total. The van der Waals surface area contributed by atoms with Crippen molar-refractivity contribution in [2.75, 3.05) is 6.54 Å². The number of carboxylic acid groups (broad SMARTS) is 1. The Morgan fingerprint density at radius 2 is 1.95 bits per heavy atom. The zero-order chi connectivity index (χ0) is 15.1. The van der Waals surface area contributed by atoms with E-state index in [0.29, 0.717) is 6.42 Å². The molecular formula is C15H20BrNO3. The maximum absolute atomic E-state index is 11.9. The predicted octanol–water partition coefficient (Wildman–Crippen LogP) is 2.85. The SMILES string of the molecule is CC(C)CC(CNC(=O)Cc1ccccc1Br)C(=O)O. The highest BCUT2D eigenvalue weighted by Crippen LogP contribution is 2.16. The number of nitrogens with one attached hydrogen (secondary N) is 1. The molecule has 0 saturated heterocycles. The zero-order valence-corrected chi connectivity index (χ0v) is 13.3. The number of aliphatic carboxylic acids is 1. The van der Waals surface area contributed by atoms with Crippen LogP contribution in [-0.2, 0) is 16.0 Å². The van der Waals surface area contributed by atoms with E-state index >= 15 is 0 Å². The number of benzene rings is 1. The third kappa shape index (κ3) is 5.74. The fourth-order valence-corrected chi connectivity index (χ4v) is 2.38. The van der Waals surface area contributed by atoms with E-state index in [1.54, 1.807) is 0 Å². The molecule has 1 rings (SSSR count). The molecule has 1 atom stereocenters. The van der Waals surface area contributed by atoms with Gasteiger partial charge in [-0.25, -0.2) is 0 Å².